The molecule has 1 aliphatic carbocycles. The highest BCUT2D eigenvalue weighted by Crippen LogP contribution is 2.29. The third-order valence-corrected chi connectivity index (χ3v) is 5.52. The summed E-state index contributed by atoms with van der Waals surface area (Å²) in [5.74, 6) is 0.698. The Morgan fingerprint density at radius 1 is 1.42 bits per heavy atom. The maximum atomic E-state index is 12.3. The van der Waals surface area contributed by atoms with E-state index in [9.17, 15) is 4.79 Å². The lowest BCUT2D eigenvalue weighted by Gasteiger charge is -2.17. The first-order valence-electron chi connectivity index (χ1n) is 7.08. The second-order valence-corrected chi connectivity index (χ2v) is 7.50. The van der Waals surface area contributed by atoms with Crippen molar-refractivity contribution in [2.45, 2.75) is 52.0 Å². The molecule has 0 saturated carbocycles. The molecule has 0 spiro atoms. The molecule has 0 bridgehead atoms. The summed E-state index contributed by atoms with van der Waals surface area (Å²) in [6.45, 7) is 4.37. The van der Waals surface area contributed by atoms with Gasteiger partial charge in [0.15, 0.2) is 0 Å². The minimum atomic E-state index is 0.101. The molecule has 0 aromatic carbocycles. The van der Waals surface area contributed by atoms with Crippen molar-refractivity contribution in [1.29, 1.82) is 0 Å². The van der Waals surface area contributed by atoms with E-state index in [4.69, 9.17) is 0 Å². The zero-order chi connectivity index (χ0) is 13.8. The molecule has 4 heteroatoms. The summed E-state index contributed by atoms with van der Waals surface area (Å²) in [5, 5.41) is 3.97. The summed E-state index contributed by atoms with van der Waals surface area (Å²) in [5.41, 5.74) is 1.40. The van der Waals surface area contributed by atoms with Crippen LogP contribution in [0.3, 0.4) is 0 Å². The molecule has 1 N–H and O–H groups in total. The van der Waals surface area contributed by atoms with Crippen molar-refractivity contribution in [3.8, 4) is 0 Å². The lowest BCUT2D eigenvalue weighted by molar-refractivity contribution is 0.0941. The highest BCUT2D eigenvalue weighted by Gasteiger charge is 2.19. The lowest BCUT2D eigenvalue weighted by atomic mass is 9.99. The highest BCUT2D eigenvalue weighted by molar-refractivity contribution is 9.09. The molecule has 0 radical (unpaired) electrons. The first-order valence-corrected chi connectivity index (χ1v) is 9.02. The van der Waals surface area contributed by atoms with Gasteiger partial charge in [0.1, 0.15) is 0 Å². The number of hydrogen-bond donors (Lipinski definition) is 1. The average Bonchev–Trinajstić information content (AvgIpc) is 2.81. The molecule has 1 atom stereocenters. The van der Waals surface area contributed by atoms with Gasteiger partial charge in [-0.2, -0.15) is 0 Å². The SMILES string of the molecule is CC(C)CC(CBr)NC(=O)c1cc2c(s1)CCCC2. The molecule has 1 aliphatic rings. The first kappa shape index (κ1) is 15.0. The number of halogens is 1. The number of rotatable bonds is 5. The number of alkyl halides is 1. The van der Waals surface area contributed by atoms with E-state index in [2.05, 4.69) is 41.2 Å². The minimum Gasteiger partial charge on any atom is -0.348 e. The summed E-state index contributed by atoms with van der Waals surface area (Å²) < 4.78 is 0. The summed E-state index contributed by atoms with van der Waals surface area (Å²) in [6, 6.07) is 2.33. The number of amides is 1. The van der Waals surface area contributed by atoms with Crippen molar-refractivity contribution >= 4 is 33.2 Å². The van der Waals surface area contributed by atoms with Crippen LogP contribution in [-0.4, -0.2) is 17.3 Å². The van der Waals surface area contributed by atoms with Gasteiger partial charge in [-0.05, 0) is 49.7 Å². The zero-order valence-electron chi connectivity index (χ0n) is 11.7. The number of carbonyl (C=O) groups excluding carboxylic acids is 1. The number of thiophene rings is 1. The van der Waals surface area contributed by atoms with Crippen molar-refractivity contribution in [3.63, 3.8) is 0 Å². The van der Waals surface area contributed by atoms with Crippen molar-refractivity contribution in [3.05, 3.63) is 21.4 Å². The standard InChI is InChI=1S/C15H22BrNOS/c1-10(2)7-12(9-16)17-15(18)14-8-11-5-3-4-6-13(11)19-14/h8,10,12H,3-7,9H2,1-2H3,(H,17,18). The average molecular weight is 344 g/mol. The van der Waals surface area contributed by atoms with Gasteiger partial charge >= 0.3 is 0 Å². The van der Waals surface area contributed by atoms with Gasteiger partial charge < -0.3 is 5.32 Å². The molecule has 19 heavy (non-hydrogen) atoms. The quantitative estimate of drug-likeness (QED) is 0.798. The van der Waals surface area contributed by atoms with Gasteiger partial charge in [-0.25, -0.2) is 0 Å². The lowest BCUT2D eigenvalue weighted by Crippen LogP contribution is -2.36. The molecule has 1 unspecified atom stereocenters. The Labute approximate surface area is 128 Å². The fourth-order valence-corrected chi connectivity index (χ4v) is 4.17. The maximum Gasteiger partial charge on any atom is 0.261 e. The van der Waals surface area contributed by atoms with Crippen molar-refractivity contribution in [2.24, 2.45) is 5.92 Å². The fourth-order valence-electron chi connectivity index (χ4n) is 2.59. The van der Waals surface area contributed by atoms with E-state index in [1.54, 1.807) is 11.3 Å². The van der Waals surface area contributed by atoms with Gasteiger partial charge in [-0.1, -0.05) is 29.8 Å². The summed E-state index contributed by atoms with van der Waals surface area (Å²) >= 11 is 5.18. The van der Waals surface area contributed by atoms with E-state index < -0.39 is 0 Å². The van der Waals surface area contributed by atoms with E-state index in [1.165, 1.54) is 23.3 Å². The number of nitrogens with one attached hydrogen (secondary N) is 1. The third kappa shape index (κ3) is 4.06. The highest BCUT2D eigenvalue weighted by atomic mass is 79.9. The molecule has 1 heterocycles. The zero-order valence-corrected chi connectivity index (χ0v) is 14.1. The molecule has 1 aromatic heterocycles. The predicted octanol–water partition coefficient (Wildman–Crippen LogP) is 4.17. The third-order valence-electron chi connectivity index (χ3n) is 3.50. The van der Waals surface area contributed by atoms with Crippen LogP contribution in [0, 0.1) is 5.92 Å². The largest absolute Gasteiger partial charge is 0.348 e. The second-order valence-electron chi connectivity index (χ2n) is 5.72. The topological polar surface area (TPSA) is 29.1 Å². The second kappa shape index (κ2) is 6.89. The Hall–Kier alpha value is -0.350. The van der Waals surface area contributed by atoms with Crippen LogP contribution in [-0.2, 0) is 12.8 Å². The molecule has 1 amide bonds. The van der Waals surface area contributed by atoms with Gasteiger partial charge in [0.2, 0.25) is 0 Å². The normalized spacial score (nSPS) is 16.2. The number of aryl methyl sites for hydroxylation is 2. The predicted molar refractivity (Wildman–Crippen MR) is 85.5 cm³/mol. The molecular formula is C15H22BrNOS. The molecule has 1 aromatic rings. The monoisotopic (exact) mass is 343 g/mol. The van der Waals surface area contributed by atoms with E-state index in [0.717, 1.165) is 29.5 Å². The van der Waals surface area contributed by atoms with Crippen molar-refractivity contribution in [2.75, 3.05) is 5.33 Å². The minimum absolute atomic E-state index is 0.101. The Balaban J connectivity index is 2.00. The van der Waals surface area contributed by atoms with Crippen LogP contribution < -0.4 is 5.32 Å². The smallest absolute Gasteiger partial charge is 0.261 e. The fraction of sp³-hybridized carbons (Fsp3) is 0.667. The maximum absolute atomic E-state index is 12.3. The Bertz CT molecular complexity index is 418. The van der Waals surface area contributed by atoms with Crippen LogP contribution in [0.5, 0.6) is 0 Å². The Morgan fingerprint density at radius 3 is 2.79 bits per heavy atom. The molecule has 0 fully saturated rings. The molecule has 0 aliphatic heterocycles. The van der Waals surface area contributed by atoms with Crippen LogP contribution in [0.15, 0.2) is 6.07 Å². The van der Waals surface area contributed by atoms with E-state index in [0.29, 0.717) is 5.92 Å². The Morgan fingerprint density at radius 2 is 2.16 bits per heavy atom. The van der Waals surface area contributed by atoms with E-state index >= 15 is 0 Å². The van der Waals surface area contributed by atoms with Crippen LogP contribution in [0.25, 0.3) is 0 Å². The number of carbonyl (C=O) groups is 1. The van der Waals surface area contributed by atoms with Gasteiger partial charge in [0.05, 0.1) is 4.88 Å². The van der Waals surface area contributed by atoms with Crippen molar-refractivity contribution in [1.82, 2.24) is 5.32 Å². The summed E-state index contributed by atoms with van der Waals surface area (Å²) in [7, 11) is 0. The van der Waals surface area contributed by atoms with Gasteiger partial charge in [-0.15, -0.1) is 11.3 Å². The van der Waals surface area contributed by atoms with Crippen LogP contribution in [0.4, 0.5) is 0 Å². The molecular weight excluding hydrogens is 322 g/mol. The Kier molecular flexibility index (Phi) is 5.46. The van der Waals surface area contributed by atoms with Gasteiger partial charge in [0, 0.05) is 16.2 Å². The number of hydrogen-bond acceptors (Lipinski definition) is 2. The summed E-state index contributed by atoms with van der Waals surface area (Å²) in [6.07, 6.45) is 5.85. The van der Waals surface area contributed by atoms with E-state index in [-0.39, 0.29) is 11.9 Å². The molecule has 106 valence electrons. The van der Waals surface area contributed by atoms with Crippen LogP contribution in [0.1, 0.15) is 53.2 Å². The number of fused-ring (bicyclic) bond motifs is 1. The van der Waals surface area contributed by atoms with Crippen molar-refractivity contribution < 1.29 is 4.79 Å². The molecule has 2 rings (SSSR count). The van der Waals surface area contributed by atoms with E-state index in [1.807, 2.05) is 0 Å². The molecule has 2 nitrogen and oxygen atoms in total. The van der Waals surface area contributed by atoms with Gasteiger partial charge in [0.25, 0.3) is 5.91 Å². The van der Waals surface area contributed by atoms with Crippen LogP contribution >= 0.6 is 27.3 Å². The van der Waals surface area contributed by atoms with Crippen LogP contribution in [0.2, 0.25) is 0 Å². The summed E-state index contributed by atoms with van der Waals surface area (Å²) in [4.78, 5) is 14.6. The van der Waals surface area contributed by atoms with Gasteiger partial charge in [-0.3, -0.25) is 4.79 Å². The molecule has 0 saturated heterocycles. The first-order chi connectivity index (χ1) is 9.10.